The Morgan fingerprint density at radius 3 is 2.00 bits per heavy atom. The Morgan fingerprint density at radius 1 is 0.947 bits per heavy atom. The summed E-state index contributed by atoms with van der Waals surface area (Å²) in [6.07, 6.45) is 10.9. The van der Waals surface area contributed by atoms with Crippen LogP contribution in [-0.2, 0) is 0 Å². The van der Waals surface area contributed by atoms with E-state index < -0.39 is 0 Å². The number of nitrogens with zero attached hydrogens (tertiary/aromatic N) is 1. The van der Waals surface area contributed by atoms with Crippen LogP contribution in [0.4, 0.5) is 0 Å². The van der Waals surface area contributed by atoms with Crippen molar-refractivity contribution >= 4 is 0 Å². The van der Waals surface area contributed by atoms with Gasteiger partial charge in [-0.15, -0.1) is 0 Å². The molecule has 2 nitrogen and oxygen atoms in total. The second-order valence-corrected chi connectivity index (χ2v) is 6.27. The largest absolute Gasteiger partial charge is 0.312 e. The van der Waals surface area contributed by atoms with E-state index in [1.807, 2.05) is 0 Å². The van der Waals surface area contributed by atoms with Gasteiger partial charge in [-0.3, -0.25) is 0 Å². The smallest absolute Gasteiger partial charge is 0.0325 e. The molecule has 0 spiro atoms. The van der Waals surface area contributed by atoms with E-state index in [2.05, 4.69) is 52.0 Å². The predicted molar refractivity (Wildman–Crippen MR) is 87.8 cm³/mol. The third-order valence-electron chi connectivity index (χ3n) is 4.79. The van der Waals surface area contributed by atoms with Crippen LogP contribution in [0.15, 0.2) is 0 Å². The molecule has 2 atom stereocenters. The van der Waals surface area contributed by atoms with Gasteiger partial charge in [-0.25, -0.2) is 0 Å². The van der Waals surface area contributed by atoms with Crippen molar-refractivity contribution in [3.05, 3.63) is 0 Å². The summed E-state index contributed by atoms with van der Waals surface area (Å²) in [5.74, 6) is 0. The summed E-state index contributed by atoms with van der Waals surface area (Å²) < 4.78 is 0. The Bertz CT molecular complexity index is 203. The summed E-state index contributed by atoms with van der Waals surface area (Å²) in [5, 5.41) is 3.72. The van der Waals surface area contributed by atoms with Gasteiger partial charge in [0, 0.05) is 11.6 Å². The van der Waals surface area contributed by atoms with Gasteiger partial charge in [0.05, 0.1) is 0 Å². The highest BCUT2D eigenvalue weighted by Crippen LogP contribution is 2.25. The lowest BCUT2D eigenvalue weighted by molar-refractivity contribution is 0.107. The van der Waals surface area contributed by atoms with Crippen LogP contribution in [0, 0.1) is 0 Å². The van der Waals surface area contributed by atoms with E-state index in [4.69, 9.17) is 0 Å². The third-order valence-corrected chi connectivity index (χ3v) is 4.79. The summed E-state index contributed by atoms with van der Waals surface area (Å²) >= 11 is 0. The van der Waals surface area contributed by atoms with E-state index in [1.54, 1.807) is 0 Å². The van der Waals surface area contributed by atoms with Gasteiger partial charge in [0.1, 0.15) is 0 Å². The average Bonchev–Trinajstić information content (AvgIpc) is 2.40. The summed E-state index contributed by atoms with van der Waals surface area (Å²) in [6.45, 7) is 10.3. The monoisotopic (exact) mass is 270 g/mol. The molecule has 0 heterocycles. The number of likely N-dealkylation sites (N-methyl/N-ethyl adjacent to an activating group) is 2. The van der Waals surface area contributed by atoms with Gasteiger partial charge in [0.15, 0.2) is 0 Å². The molecule has 0 aliphatic heterocycles. The lowest BCUT2D eigenvalue weighted by Gasteiger charge is -2.43. The van der Waals surface area contributed by atoms with E-state index in [9.17, 15) is 0 Å². The van der Waals surface area contributed by atoms with E-state index in [-0.39, 0.29) is 5.54 Å². The molecule has 0 rings (SSSR count). The lowest BCUT2D eigenvalue weighted by atomic mass is 9.84. The van der Waals surface area contributed by atoms with Crippen LogP contribution in [0.25, 0.3) is 0 Å². The number of hydrogen-bond acceptors (Lipinski definition) is 2. The van der Waals surface area contributed by atoms with Gasteiger partial charge >= 0.3 is 0 Å². The van der Waals surface area contributed by atoms with Crippen LogP contribution >= 0.6 is 0 Å². The Balaban J connectivity index is 4.17. The van der Waals surface area contributed by atoms with Gasteiger partial charge < -0.3 is 10.2 Å². The third kappa shape index (κ3) is 6.76. The zero-order chi connectivity index (χ0) is 14.7. The first-order valence-corrected chi connectivity index (χ1v) is 8.43. The average molecular weight is 271 g/mol. The molecule has 0 aromatic heterocycles. The van der Waals surface area contributed by atoms with E-state index in [0.717, 1.165) is 6.54 Å². The van der Waals surface area contributed by atoms with Gasteiger partial charge in [-0.2, -0.15) is 0 Å². The fourth-order valence-electron chi connectivity index (χ4n) is 2.88. The van der Waals surface area contributed by atoms with Gasteiger partial charge in [0.25, 0.3) is 0 Å². The molecule has 0 bridgehead atoms. The number of nitrogens with one attached hydrogen (secondary N) is 1. The minimum atomic E-state index is 0.277. The van der Waals surface area contributed by atoms with Crippen LogP contribution < -0.4 is 5.32 Å². The quantitative estimate of drug-likeness (QED) is 0.527. The molecule has 0 aliphatic carbocycles. The maximum absolute atomic E-state index is 3.72. The van der Waals surface area contributed by atoms with Crippen molar-refractivity contribution in [3.8, 4) is 0 Å². The molecule has 0 aliphatic rings. The highest BCUT2D eigenvalue weighted by atomic mass is 15.2. The molecular formula is C17H38N2. The van der Waals surface area contributed by atoms with Crippen molar-refractivity contribution < 1.29 is 0 Å². The summed E-state index contributed by atoms with van der Waals surface area (Å²) in [5.41, 5.74) is 0.277. The minimum absolute atomic E-state index is 0.277. The van der Waals surface area contributed by atoms with Crippen molar-refractivity contribution in [1.29, 1.82) is 0 Å². The number of unbranched alkanes of at least 4 members (excludes halogenated alkanes) is 5. The van der Waals surface area contributed by atoms with Gasteiger partial charge in [0.2, 0.25) is 0 Å². The molecule has 0 saturated heterocycles. The van der Waals surface area contributed by atoms with Crippen LogP contribution in [0.2, 0.25) is 0 Å². The molecule has 2 unspecified atom stereocenters. The van der Waals surface area contributed by atoms with E-state index >= 15 is 0 Å². The van der Waals surface area contributed by atoms with Gasteiger partial charge in [-0.1, -0.05) is 59.3 Å². The van der Waals surface area contributed by atoms with Crippen molar-refractivity contribution in [1.82, 2.24) is 10.2 Å². The van der Waals surface area contributed by atoms with Crippen LogP contribution in [0.1, 0.15) is 79.1 Å². The molecule has 0 amide bonds. The second-order valence-electron chi connectivity index (χ2n) is 6.27. The predicted octanol–water partition coefficient (Wildman–Crippen LogP) is 4.45. The molecule has 2 heteroatoms. The number of rotatable bonds is 12. The lowest BCUT2D eigenvalue weighted by Crippen LogP contribution is -2.56. The standard InChI is InChI=1S/C17H38N2/c1-7-10-11-12-13-14-15-16(18-9-3)17(4,8-2)19(5)6/h16,18H,7-15H2,1-6H3. The summed E-state index contributed by atoms with van der Waals surface area (Å²) in [6, 6.07) is 0.615. The molecule has 19 heavy (non-hydrogen) atoms. The zero-order valence-electron chi connectivity index (χ0n) is 14.4. The highest BCUT2D eigenvalue weighted by molar-refractivity contribution is 4.93. The van der Waals surface area contributed by atoms with Crippen molar-refractivity contribution in [2.24, 2.45) is 0 Å². The molecule has 0 radical (unpaired) electrons. The first-order valence-electron chi connectivity index (χ1n) is 8.43. The Hall–Kier alpha value is -0.0800. The molecule has 0 saturated carbocycles. The Labute approximate surface area is 122 Å². The van der Waals surface area contributed by atoms with E-state index in [0.29, 0.717) is 6.04 Å². The topological polar surface area (TPSA) is 15.3 Å². The van der Waals surface area contributed by atoms with Gasteiger partial charge in [-0.05, 0) is 40.4 Å². The first kappa shape index (κ1) is 18.9. The zero-order valence-corrected chi connectivity index (χ0v) is 14.4. The van der Waals surface area contributed by atoms with Crippen LogP contribution in [0.5, 0.6) is 0 Å². The van der Waals surface area contributed by atoms with Crippen molar-refractivity contribution in [2.45, 2.75) is 90.6 Å². The molecule has 0 fully saturated rings. The maximum atomic E-state index is 3.72. The molecule has 0 aromatic carbocycles. The van der Waals surface area contributed by atoms with Crippen LogP contribution in [-0.4, -0.2) is 37.1 Å². The Kier molecular flexibility index (Phi) is 10.6. The van der Waals surface area contributed by atoms with Crippen molar-refractivity contribution in [2.75, 3.05) is 20.6 Å². The summed E-state index contributed by atoms with van der Waals surface area (Å²) in [7, 11) is 4.43. The molecule has 0 aromatic rings. The minimum Gasteiger partial charge on any atom is -0.312 e. The maximum Gasteiger partial charge on any atom is 0.0325 e. The normalized spacial score (nSPS) is 16.6. The van der Waals surface area contributed by atoms with Crippen LogP contribution in [0.3, 0.4) is 0 Å². The molecule has 116 valence electrons. The molecule has 1 N–H and O–H groups in total. The molecular weight excluding hydrogens is 232 g/mol. The second kappa shape index (κ2) is 10.7. The fourth-order valence-corrected chi connectivity index (χ4v) is 2.88. The van der Waals surface area contributed by atoms with E-state index in [1.165, 1.54) is 51.4 Å². The fraction of sp³-hybridized carbons (Fsp3) is 1.00. The first-order chi connectivity index (χ1) is 9.02. The number of hydrogen-bond donors (Lipinski definition) is 1. The highest BCUT2D eigenvalue weighted by Gasteiger charge is 2.33. The Morgan fingerprint density at radius 2 is 1.53 bits per heavy atom. The SMILES string of the molecule is CCCCCCCCC(NCC)C(C)(CC)N(C)C. The van der Waals surface area contributed by atoms with Crippen molar-refractivity contribution in [3.63, 3.8) is 0 Å². The summed E-state index contributed by atoms with van der Waals surface area (Å²) in [4.78, 5) is 2.40.